The average molecular weight is 532 g/mol. The lowest BCUT2D eigenvalue weighted by atomic mass is 10.1. The third kappa shape index (κ3) is 5.45. The van der Waals surface area contributed by atoms with Crippen LogP contribution < -0.4 is 20.0 Å². The summed E-state index contributed by atoms with van der Waals surface area (Å²) < 4.78 is 20.9. The molecule has 2 aromatic heterocycles. The van der Waals surface area contributed by atoms with Gasteiger partial charge in [0.25, 0.3) is 0 Å². The van der Waals surface area contributed by atoms with E-state index in [1.165, 1.54) is 6.20 Å². The maximum Gasteiger partial charge on any atom is 0.227 e. The van der Waals surface area contributed by atoms with Crippen LogP contribution in [0.1, 0.15) is 12.5 Å². The molecule has 3 aliphatic heterocycles. The Bertz CT molecular complexity index is 1350. The van der Waals surface area contributed by atoms with Gasteiger partial charge in [0.05, 0.1) is 29.5 Å². The van der Waals surface area contributed by atoms with Crippen LogP contribution in [0.15, 0.2) is 36.7 Å². The van der Waals surface area contributed by atoms with Gasteiger partial charge in [-0.1, -0.05) is 0 Å². The lowest BCUT2D eigenvalue weighted by Crippen LogP contribution is -2.54. The SMILES string of the molecule is C[C@@H]1CN(c2ccc(C#N)c3ncccc23)C[C@H](CN2CCN(c3ncc(F)c(N4CCNCC4)n3)CC2)O1. The molecule has 11 heteroatoms. The molecule has 0 aliphatic carbocycles. The Morgan fingerprint density at radius 2 is 1.85 bits per heavy atom. The number of benzene rings is 1. The van der Waals surface area contributed by atoms with Crippen molar-refractivity contribution in [3.8, 4) is 6.07 Å². The van der Waals surface area contributed by atoms with Crippen LogP contribution in [0.2, 0.25) is 0 Å². The molecular weight excluding hydrogens is 497 g/mol. The number of nitrogens with one attached hydrogen (secondary N) is 1. The summed E-state index contributed by atoms with van der Waals surface area (Å²) in [5.74, 6) is 0.636. The maximum atomic E-state index is 14.5. The third-order valence-electron chi connectivity index (χ3n) is 7.78. The summed E-state index contributed by atoms with van der Waals surface area (Å²) in [6.07, 6.45) is 3.19. The van der Waals surface area contributed by atoms with Crippen molar-refractivity contribution in [2.75, 3.05) is 86.7 Å². The van der Waals surface area contributed by atoms with Gasteiger partial charge in [-0.05, 0) is 31.2 Å². The zero-order valence-corrected chi connectivity index (χ0v) is 22.3. The van der Waals surface area contributed by atoms with Crippen LogP contribution in [0.5, 0.6) is 0 Å². The van der Waals surface area contributed by atoms with Gasteiger partial charge >= 0.3 is 0 Å². The summed E-state index contributed by atoms with van der Waals surface area (Å²) in [6, 6.07) is 10.1. The Hall–Kier alpha value is -3.59. The van der Waals surface area contributed by atoms with Crippen LogP contribution in [-0.2, 0) is 4.74 Å². The van der Waals surface area contributed by atoms with Gasteiger partial charge in [-0.25, -0.2) is 9.37 Å². The number of hydrogen-bond donors (Lipinski definition) is 1. The fraction of sp³-hybridized carbons (Fsp3) is 0.500. The zero-order valence-electron chi connectivity index (χ0n) is 22.3. The number of pyridine rings is 1. The van der Waals surface area contributed by atoms with Crippen LogP contribution in [0, 0.1) is 17.1 Å². The van der Waals surface area contributed by atoms with E-state index in [0.29, 0.717) is 17.3 Å². The second-order valence-corrected chi connectivity index (χ2v) is 10.5. The number of ether oxygens (including phenoxy) is 1. The molecule has 0 amide bonds. The van der Waals surface area contributed by atoms with Crippen LogP contribution in [0.4, 0.5) is 21.8 Å². The molecule has 0 unspecified atom stereocenters. The highest BCUT2D eigenvalue weighted by molar-refractivity contribution is 5.95. The molecule has 1 aromatic carbocycles. The summed E-state index contributed by atoms with van der Waals surface area (Å²) >= 11 is 0. The quantitative estimate of drug-likeness (QED) is 0.526. The molecular formula is C28H34FN9O. The van der Waals surface area contributed by atoms with Gasteiger partial charge in [-0.2, -0.15) is 10.2 Å². The summed E-state index contributed by atoms with van der Waals surface area (Å²) in [4.78, 5) is 22.3. The Morgan fingerprint density at radius 1 is 1.03 bits per heavy atom. The minimum atomic E-state index is -0.363. The van der Waals surface area contributed by atoms with Crippen LogP contribution >= 0.6 is 0 Å². The fourth-order valence-corrected chi connectivity index (χ4v) is 5.88. The Labute approximate surface area is 228 Å². The highest BCUT2D eigenvalue weighted by Crippen LogP contribution is 2.30. The average Bonchev–Trinajstić information content (AvgIpc) is 2.97. The molecule has 3 fully saturated rings. The van der Waals surface area contributed by atoms with E-state index in [1.807, 2.05) is 29.2 Å². The minimum absolute atomic E-state index is 0.0593. The first-order valence-corrected chi connectivity index (χ1v) is 13.7. The first-order chi connectivity index (χ1) is 19.1. The van der Waals surface area contributed by atoms with Gasteiger partial charge < -0.3 is 24.8 Å². The minimum Gasteiger partial charge on any atom is -0.370 e. The number of nitrogens with zero attached hydrogens (tertiary/aromatic N) is 8. The van der Waals surface area contributed by atoms with E-state index >= 15 is 0 Å². The third-order valence-corrected chi connectivity index (χ3v) is 7.78. The standard InChI is InChI=1S/C28H34FN9O/c1-20-17-38(25-5-4-21(15-30)26-23(25)3-2-6-32-26)19-22(39-20)18-35-11-13-37(14-12-35)28-33-16-24(29)27(34-28)36-9-7-31-8-10-36/h2-6,16,20,22,31H,7-14,17-19H2,1H3/t20-,22+/m1/s1. The van der Waals surface area contributed by atoms with E-state index in [2.05, 4.69) is 48.0 Å². The number of anilines is 3. The zero-order chi connectivity index (χ0) is 26.8. The number of morpholine rings is 1. The van der Waals surface area contributed by atoms with E-state index in [9.17, 15) is 9.65 Å². The summed E-state index contributed by atoms with van der Waals surface area (Å²) in [5.41, 5.74) is 2.43. The molecule has 204 valence electrons. The Morgan fingerprint density at radius 3 is 2.64 bits per heavy atom. The number of piperazine rings is 2. The molecule has 2 atom stereocenters. The monoisotopic (exact) mass is 531 g/mol. The molecule has 0 saturated carbocycles. The van der Waals surface area contributed by atoms with Crippen molar-refractivity contribution < 1.29 is 9.13 Å². The summed E-state index contributed by atoms with van der Waals surface area (Å²) in [6.45, 7) is 10.9. The first-order valence-electron chi connectivity index (χ1n) is 13.7. The number of halogens is 1. The summed E-state index contributed by atoms with van der Waals surface area (Å²) in [7, 11) is 0. The second-order valence-electron chi connectivity index (χ2n) is 10.5. The predicted octanol–water partition coefficient (Wildman–Crippen LogP) is 1.86. The van der Waals surface area contributed by atoms with Crippen molar-refractivity contribution in [1.29, 1.82) is 5.26 Å². The van der Waals surface area contributed by atoms with Gasteiger partial charge in [-0.15, -0.1) is 0 Å². The normalized spacial score (nSPS) is 22.7. The second kappa shape index (κ2) is 11.3. The number of aromatic nitrogens is 3. The molecule has 3 aromatic rings. The van der Waals surface area contributed by atoms with Crippen LogP contribution in [0.3, 0.4) is 0 Å². The lowest BCUT2D eigenvalue weighted by Gasteiger charge is -2.42. The molecule has 3 aliphatic rings. The van der Waals surface area contributed by atoms with Gasteiger partial charge in [0.1, 0.15) is 6.07 Å². The predicted molar refractivity (Wildman–Crippen MR) is 149 cm³/mol. The van der Waals surface area contributed by atoms with Gasteiger partial charge in [0.2, 0.25) is 5.95 Å². The molecule has 10 nitrogen and oxygen atoms in total. The summed E-state index contributed by atoms with van der Waals surface area (Å²) in [5, 5.41) is 13.8. The lowest BCUT2D eigenvalue weighted by molar-refractivity contribution is -0.0327. The van der Waals surface area contributed by atoms with E-state index in [-0.39, 0.29) is 18.0 Å². The molecule has 0 bridgehead atoms. The smallest absolute Gasteiger partial charge is 0.227 e. The molecule has 5 heterocycles. The van der Waals surface area contributed by atoms with E-state index in [0.717, 1.165) is 88.6 Å². The van der Waals surface area contributed by atoms with Crippen LogP contribution in [-0.4, -0.2) is 104 Å². The van der Waals surface area contributed by atoms with E-state index in [1.54, 1.807) is 6.20 Å². The molecule has 1 N–H and O–H groups in total. The van der Waals surface area contributed by atoms with Crippen molar-refractivity contribution >= 4 is 28.4 Å². The van der Waals surface area contributed by atoms with Crippen LogP contribution in [0.25, 0.3) is 10.9 Å². The maximum absolute atomic E-state index is 14.5. The van der Waals surface area contributed by atoms with Gasteiger partial charge in [0.15, 0.2) is 11.6 Å². The molecule has 0 radical (unpaired) electrons. The first kappa shape index (κ1) is 25.7. The molecule has 39 heavy (non-hydrogen) atoms. The Kier molecular flexibility index (Phi) is 7.41. The van der Waals surface area contributed by atoms with Crippen molar-refractivity contribution in [2.45, 2.75) is 19.1 Å². The molecule has 6 rings (SSSR count). The number of rotatable bonds is 5. The van der Waals surface area contributed by atoms with Gasteiger partial charge in [0, 0.05) is 89.3 Å². The van der Waals surface area contributed by atoms with Gasteiger partial charge in [-0.3, -0.25) is 9.88 Å². The van der Waals surface area contributed by atoms with Crippen molar-refractivity contribution in [1.82, 2.24) is 25.2 Å². The number of nitriles is 1. The van der Waals surface area contributed by atoms with Crippen molar-refractivity contribution in [3.63, 3.8) is 0 Å². The topological polar surface area (TPSA) is 96.7 Å². The Balaban J connectivity index is 1.10. The highest BCUT2D eigenvalue weighted by Gasteiger charge is 2.30. The fourth-order valence-electron chi connectivity index (χ4n) is 5.88. The van der Waals surface area contributed by atoms with Crippen molar-refractivity contribution in [3.05, 3.63) is 48.0 Å². The highest BCUT2D eigenvalue weighted by atomic mass is 19.1. The number of fused-ring (bicyclic) bond motifs is 1. The van der Waals surface area contributed by atoms with E-state index < -0.39 is 0 Å². The van der Waals surface area contributed by atoms with E-state index in [4.69, 9.17) is 4.74 Å². The number of hydrogen-bond acceptors (Lipinski definition) is 10. The largest absolute Gasteiger partial charge is 0.370 e. The molecule has 3 saturated heterocycles. The molecule has 0 spiro atoms. The van der Waals surface area contributed by atoms with Crippen molar-refractivity contribution in [2.24, 2.45) is 0 Å².